The summed E-state index contributed by atoms with van der Waals surface area (Å²) >= 11 is 0. The number of hydrogen-bond acceptors (Lipinski definition) is 6. The van der Waals surface area contributed by atoms with Crippen molar-refractivity contribution in [2.75, 3.05) is 39.5 Å². The van der Waals surface area contributed by atoms with E-state index >= 15 is 0 Å². The molecular weight excluding hydrogens is 226 g/mol. The highest BCUT2D eigenvalue weighted by atomic mass is 16.5. The minimum Gasteiger partial charge on any atom is -0.462 e. The fraction of sp³-hybridized carbons (Fsp3) is 0.909. The van der Waals surface area contributed by atoms with Crippen molar-refractivity contribution in [1.82, 2.24) is 4.90 Å². The van der Waals surface area contributed by atoms with Gasteiger partial charge in [-0.3, -0.25) is 4.79 Å². The third kappa shape index (κ3) is 3.92. The molecule has 0 aliphatic carbocycles. The Balaban J connectivity index is 2.38. The molecule has 1 unspecified atom stereocenters. The lowest BCUT2D eigenvalue weighted by Crippen LogP contribution is -2.46. The van der Waals surface area contributed by atoms with Crippen molar-refractivity contribution in [3.63, 3.8) is 0 Å². The monoisotopic (exact) mass is 247 g/mol. The van der Waals surface area contributed by atoms with Gasteiger partial charge in [-0.05, 0) is 6.92 Å². The largest absolute Gasteiger partial charge is 0.462 e. The molecule has 6 heteroatoms. The normalized spacial score (nSPS) is 17.9. The zero-order valence-corrected chi connectivity index (χ0v) is 10.1. The molecule has 0 aromatic carbocycles. The molecule has 1 heterocycles. The molecule has 1 aliphatic heterocycles. The Kier molecular flexibility index (Phi) is 5.32. The van der Waals surface area contributed by atoms with E-state index in [0.29, 0.717) is 13.0 Å². The molecule has 0 amide bonds. The van der Waals surface area contributed by atoms with Gasteiger partial charge >= 0.3 is 5.97 Å². The van der Waals surface area contributed by atoms with Crippen LogP contribution in [0, 0.1) is 5.41 Å². The minimum atomic E-state index is -1.17. The van der Waals surface area contributed by atoms with Crippen molar-refractivity contribution < 1.29 is 24.9 Å². The second-order valence-corrected chi connectivity index (χ2v) is 4.56. The van der Waals surface area contributed by atoms with Crippen LogP contribution in [0.1, 0.15) is 13.3 Å². The second kappa shape index (κ2) is 6.30. The first-order chi connectivity index (χ1) is 8.07. The van der Waals surface area contributed by atoms with Crippen LogP contribution in [-0.4, -0.2) is 71.7 Å². The molecule has 1 fully saturated rings. The molecule has 0 spiro atoms. The van der Waals surface area contributed by atoms with Crippen molar-refractivity contribution in [2.24, 2.45) is 5.41 Å². The van der Waals surface area contributed by atoms with Crippen molar-refractivity contribution in [1.29, 1.82) is 0 Å². The van der Waals surface area contributed by atoms with Gasteiger partial charge in [0, 0.05) is 19.6 Å². The van der Waals surface area contributed by atoms with Crippen molar-refractivity contribution >= 4 is 5.97 Å². The lowest BCUT2D eigenvalue weighted by molar-refractivity contribution is -0.163. The molecule has 1 aliphatic rings. The van der Waals surface area contributed by atoms with Crippen LogP contribution < -0.4 is 0 Å². The van der Waals surface area contributed by atoms with Crippen LogP contribution in [0.2, 0.25) is 0 Å². The molecule has 6 nitrogen and oxygen atoms in total. The molecule has 3 N–H and O–H groups in total. The predicted molar refractivity (Wildman–Crippen MR) is 60.3 cm³/mol. The quantitative estimate of drug-likeness (QED) is 0.360. The standard InChI is InChI=1S/C11H21NO5/c1-9(11(6-13,7-14)8-15)17-10(16)2-3-12-4-5-12/h9,13-15H,2-8H2,1H3. The van der Waals surface area contributed by atoms with Gasteiger partial charge in [-0.15, -0.1) is 0 Å². The molecule has 17 heavy (non-hydrogen) atoms. The number of hydrogen-bond donors (Lipinski definition) is 3. The van der Waals surface area contributed by atoms with Crippen LogP contribution in [0.5, 0.6) is 0 Å². The van der Waals surface area contributed by atoms with E-state index in [1.165, 1.54) is 0 Å². The van der Waals surface area contributed by atoms with E-state index in [1.807, 2.05) is 0 Å². The lowest BCUT2D eigenvalue weighted by Gasteiger charge is -2.33. The number of nitrogens with zero attached hydrogens (tertiary/aromatic N) is 1. The summed E-state index contributed by atoms with van der Waals surface area (Å²) in [4.78, 5) is 13.6. The molecule has 1 saturated heterocycles. The first-order valence-corrected chi connectivity index (χ1v) is 5.82. The van der Waals surface area contributed by atoms with Crippen molar-refractivity contribution in [3.05, 3.63) is 0 Å². The van der Waals surface area contributed by atoms with Gasteiger partial charge in [0.2, 0.25) is 0 Å². The molecule has 0 aromatic heterocycles. The van der Waals surface area contributed by atoms with Crippen LogP contribution in [0.3, 0.4) is 0 Å². The summed E-state index contributed by atoms with van der Waals surface area (Å²) in [6.45, 7) is 3.00. The first kappa shape index (κ1) is 14.4. The molecule has 0 radical (unpaired) electrons. The number of aliphatic hydroxyl groups is 3. The van der Waals surface area contributed by atoms with E-state index in [-0.39, 0.29) is 5.97 Å². The summed E-state index contributed by atoms with van der Waals surface area (Å²) in [6.07, 6.45) is -0.424. The number of carbonyl (C=O) groups is 1. The fourth-order valence-electron chi connectivity index (χ4n) is 1.46. The Morgan fingerprint density at radius 1 is 1.29 bits per heavy atom. The van der Waals surface area contributed by atoms with Gasteiger partial charge < -0.3 is 25.0 Å². The highest BCUT2D eigenvalue weighted by Crippen LogP contribution is 2.23. The van der Waals surface area contributed by atoms with E-state index in [4.69, 9.17) is 20.1 Å². The van der Waals surface area contributed by atoms with Crippen LogP contribution in [0.4, 0.5) is 0 Å². The van der Waals surface area contributed by atoms with Crippen LogP contribution in [-0.2, 0) is 9.53 Å². The van der Waals surface area contributed by atoms with Crippen LogP contribution in [0.25, 0.3) is 0 Å². The van der Waals surface area contributed by atoms with E-state index in [0.717, 1.165) is 13.1 Å². The average Bonchev–Trinajstić information content (AvgIpc) is 3.13. The molecular formula is C11H21NO5. The average molecular weight is 247 g/mol. The van der Waals surface area contributed by atoms with E-state index in [2.05, 4.69) is 4.90 Å². The van der Waals surface area contributed by atoms with Crippen LogP contribution in [0.15, 0.2) is 0 Å². The highest BCUT2D eigenvalue weighted by molar-refractivity contribution is 5.69. The number of ether oxygens (including phenoxy) is 1. The third-order valence-electron chi connectivity index (χ3n) is 3.29. The van der Waals surface area contributed by atoms with Crippen LogP contribution >= 0.6 is 0 Å². The summed E-state index contributed by atoms with van der Waals surface area (Å²) in [5.41, 5.74) is -1.17. The first-order valence-electron chi connectivity index (χ1n) is 5.82. The fourth-order valence-corrected chi connectivity index (χ4v) is 1.46. The molecule has 0 aromatic rings. The summed E-state index contributed by atoms with van der Waals surface area (Å²) in [5, 5.41) is 27.5. The van der Waals surface area contributed by atoms with E-state index in [1.54, 1.807) is 6.92 Å². The van der Waals surface area contributed by atoms with Gasteiger partial charge in [0.05, 0.1) is 31.7 Å². The summed E-state index contributed by atoms with van der Waals surface area (Å²) in [7, 11) is 0. The Bertz CT molecular complexity index is 242. The van der Waals surface area contributed by atoms with Crippen molar-refractivity contribution in [3.8, 4) is 0 Å². The van der Waals surface area contributed by atoms with Gasteiger partial charge in [0.15, 0.2) is 0 Å². The SMILES string of the molecule is CC(OC(=O)CCN1CC1)C(CO)(CO)CO. The summed E-state index contributed by atoms with van der Waals surface area (Å²) in [6, 6.07) is 0. The number of rotatable bonds is 8. The third-order valence-corrected chi connectivity index (χ3v) is 3.29. The lowest BCUT2D eigenvalue weighted by atomic mass is 9.85. The van der Waals surface area contributed by atoms with Gasteiger partial charge in [0.1, 0.15) is 6.10 Å². The van der Waals surface area contributed by atoms with Gasteiger partial charge in [0.25, 0.3) is 0 Å². The molecule has 1 rings (SSSR count). The smallest absolute Gasteiger partial charge is 0.307 e. The van der Waals surface area contributed by atoms with Crippen molar-refractivity contribution in [2.45, 2.75) is 19.4 Å². The Morgan fingerprint density at radius 3 is 2.24 bits per heavy atom. The maximum atomic E-state index is 11.5. The topological polar surface area (TPSA) is 90.0 Å². The molecule has 100 valence electrons. The summed E-state index contributed by atoms with van der Waals surface area (Å²) in [5.74, 6) is -0.371. The Hall–Kier alpha value is -0.690. The Labute approximate surface area is 101 Å². The predicted octanol–water partition coefficient (Wildman–Crippen LogP) is -1.41. The number of esters is 1. The van der Waals surface area contributed by atoms with Gasteiger partial charge in [-0.2, -0.15) is 0 Å². The molecule has 0 bridgehead atoms. The number of aliphatic hydroxyl groups excluding tert-OH is 3. The summed E-state index contributed by atoms with van der Waals surface area (Å²) < 4.78 is 5.12. The maximum Gasteiger partial charge on any atom is 0.307 e. The maximum absolute atomic E-state index is 11.5. The highest BCUT2D eigenvalue weighted by Gasteiger charge is 2.37. The van der Waals surface area contributed by atoms with Gasteiger partial charge in [-0.1, -0.05) is 0 Å². The zero-order chi connectivity index (χ0) is 12.9. The van der Waals surface area contributed by atoms with Gasteiger partial charge in [-0.25, -0.2) is 0 Å². The second-order valence-electron chi connectivity index (χ2n) is 4.56. The number of carbonyl (C=O) groups excluding carboxylic acids is 1. The minimum absolute atomic E-state index is 0.294. The molecule has 0 saturated carbocycles. The molecule has 1 atom stereocenters. The van der Waals surface area contributed by atoms with E-state index < -0.39 is 31.3 Å². The Morgan fingerprint density at radius 2 is 1.82 bits per heavy atom. The zero-order valence-electron chi connectivity index (χ0n) is 10.1. The van der Waals surface area contributed by atoms with E-state index in [9.17, 15) is 4.79 Å².